The Kier molecular flexibility index (Phi) is 6.24. The number of carbonyl (C=O) groups excluding carboxylic acids is 1. The molecular formula is C30H33ClFN3O. The molecule has 4 nitrogen and oxygen atoms in total. The van der Waals surface area contributed by atoms with Gasteiger partial charge < -0.3 is 15.1 Å². The first kappa shape index (κ1) is 24.6. The number of halogens is 2. The number of aryl methyl sites for hydroxylation is 1. The minimum atomic E-state index is -0.265. The van der Waals surface area contributed by atoms with Crippen LogP contribution in [0.5, 0.6) is 0 Å². The highest BCUT2D eigenvalue weighted by atomic mass is 35.5. The Morgan fingerprint density at radius 2 is 1.56 bits per heavy atom. The van der Waals surface area contributed by atoms with Gasteiger partial charge in [-0.3, -0.25) is 4.79 Å². The van der Waals surface area contributed by atoms with Crippen LogP contribution < -0.4 is 10.2 Å². The van der Waals surface area contributed by atoms with Gasteiger partial charge in [-0.2, -0.15) is 0 Å². The number of hydrogen-bond acceptors (Lipinski definition) is 3. The second kappa shape index (κ2) is 9.11. The quantitative estimate of drug-likeness (QED) is 0.433. The van der Waals surface area contributed by atoms with Crippen molar-refractivity contribution in [3.05, 3.63) is 93.8 Å². The molecule has 1 amide bonds. The minimum Gasteiger partial charge on any atom is -0.379 e. The molecule has 1 atom stereocenters. The Bertz CT molecular complexity index is 1280. The third-order valence-corrected chi connectivity index (χ3v) is 7.97. The van der Waals surface area contributed by atoms with Crippen LogP contribution in [-0.4, -0.2) is 42.5 Å². The number of piperazine rings is 1. The van der Waals surface area contributed by atoms with E-state index in [1.807, 2.05) is 24.0 Å². The summed E-state index contributed by atoms with van der Waals surface area (Å²) in [6.45, 7) is 11.4. The van der Waals surface area contributed by atoms with E-state index < -0.39 is 0 Å². The van der Waals surface area contributed by atoms with E-state index in [2.05, 4.69) is 55.3 Å². The van der Waals surface area contributed by atoms with Gasteiger partial charge in [0, 0.05) is 47.8 Å². The number of carbonyl (C=O) groups is 1. The molecule has 0 aromatic heterocycles. The fraction of sp³-hybridized carbons (Fsp3) is 0.367. The summed E-state index contributed by atoms with van der Waals surface area (Å²) >= 11 is 6.20. The van der Waals surface area contributed by atoms with Gasteiger partial charge in [-0.25, -0.2) is 4.39 Å². The second-order valence-corrected chi connectivity index (χ2v) is 11.4. The molecule has 36 heavy (non-hydrogen) atoms. The van der Waals surface area contributed by atoms with E-state index in [0.717, 1.165) is 39.5 Å². The lowest BCUT2D eigenvalue weighted by atomic mass is 9.65. The predicted octanol–water partition coefficient (Wildman–Crippen LogP) is 6.65. The standard InChI is InChI=1S/C30H33ClFN3O/c1-20-5-14-25-27(33-29(2,3)19-30(25,4)21-6-8-22(31)9-7-21)26(20)28(36)35-17-15-34(16-18-35)24-12-10-23(32)11-13-24/h5-14,33H,15-19H2,1-4H3. The molecule has 1 saturated heterocycles. The van der Waals surface area contributed by atoms with E-state index in [0.29, 0.717) is 26.2 Å². The largest absolute Gasteiger partial charge is 0.379 e. The first-order valence-corrected chi connectivity index (χ1v) is 12.9. The number of nitrogens with one attached hydrogen (secondary N) is 1. The van der Waals surface area contributed by atoms with E-state index in [-0.39, 0.29) is 22.7 Å². The first-order chi connectivity index (χ1) is 17.1. The van der Waals surface area contributed by atoms with Gasteiger partial charge in [0.05, 0.1) is 11.3 Å². The van der Waals surface area contributed by atoms with Crippen LogP contribution in [-0.2, 0) is 5.41 Å². The van der Waals surface area contributed by atoms with E-state index in [1.54, 1.807) is 12.1 Å². The molecule has 2 aliphatic rings. The Labute approximate surface area is 218 Å². The van der Waals surface area contributed by atoms with Crippen LogP contribution in [0.25, 0.3) is 0 Å². The molecule has 3 aromatic carbocycles. The topological polar surface area (TPSA) is 35.6 Å². The van der Waals surface area contributed by atoms with Crippen LogP contribution in [0.15, 0.2) is 60.7 Å². The molecule has 1 fully saturated rings. The maximum absolute atomic E-state index is 14.0. The number of nitrogens with zero attached hydrogens (tertiary/aromatic N) is 2. The van der Waals surface area contributed by atoms with Crippen LogP contribution in [0.2, 0.25) is 5.02 Å². The average Bonchev–Trinajstić information content (AvgIpc) is 2.84. The summed E-state index contributed by atoms with van der Waals surface area (Å²) in [4.78, 5) is 18.1. The number of rotatable bonds is 3. The molecule has 0 radical (unpaired) electrons. The monoisotopic (exact) mass is 505 g/mol. The van der Waals surface area contributed by atoms with E-state index in [4.69, 9.17) is 11.6 Å². The van der Waals surface area contributed by atoms with Crippen LogP contribution in [0.4, 0.5) is 15.8 Å². The van der Waals surface area contributed by atoms with Crippen LogP contribution in [0.1, 0.15) is 54.2 Å². The van der Waals surface area contributed by atoms with Gasteiger partial charge in [0.1, 0.15) is 5.82 Å². The van der Waals surface area contributed by atoms with Gasteiger partial charge in [0.25, 0.3) is 5.91 Å². The lowest BCUT2D eigenvalue weighted by Gasteiger charge is -2.47. The van der Waals surface area contributed by atoms with Crippen molar-refractivity contribution in [3.63, 3.8) is 0 Å². The number of benzene rings is 3. The molecule has 0 aliphatic carbocycles. The van der Waals surface area contributed by atoms with Gasteiger partial charge in [-0.05, 0) is 80.3 Å². The van der Waals surface area contributed by atoms with Crippen molar-refractivity contribution in [3.8, 4) is 0 Å². The average molecular weight is 506 g/mol. The summed E-state index contributed by atoms with van der Waals surface area (Å²) in [5.41, 5.74) is 5.53. The fourth-order valence-corrected chi connectivity index (χ4v) is 6.11. The van der Waals surface area contributed by atoms with Gasteiger partial charge >= 0.3 is 0 Å². The van der Waals surface area contributed by atoms with Crippen molar-refractivity contribution in [2.45, 2.75) is 45.1 Å². The lowest BCUT2D eigenvalue weighted by Crippen LogP contribution is -2.50. The normalized spacial score (nSPS) is 21.1. The maximum atomic E-state index is 14.0. The van der Waals surface area contributed by atoms with Crippen molar-refractivity contribution >= 4 is 28.9 Å². The number of amides is 1. The Morgan fingerprint density at radius 3 is 2.19 bits per heavy atom. The Morgan fingerprint density at radius 1 is 0.917 bits per heavy atom. The van der Waals surface area contributed by atoms with E-state index in [1.165, 1.54) is 17.7 Å². The van der Waals surface area contributed by atoms with E-state index in [9.17, 15) is 9.18 Å². The zero-order valence-electron chi connectivity index (χ0n) is 21.4. The van der Waals surface area contributed by atoms with Crippen LogP contribution in [0, 0.1) is 12.7 Å². The summed E-state index contributed by atoms with van der Waals surface area (Å²) in [5.74, 6) is -0.176. The molecule has 188 valence electrons. The second-order valence-electron chi connectivity index (χ2n) is 11.0. The zero-order chi connectivity index (χ0) is 25.7. The summed E-state index contributed by atoms with van der Waals surface area (Å²) in [7, 11) is 0. The molecule has 0 bridgehead atoms. The van der Waals surface area contributed by atoms with Crippen molar-refractivity contribution in [2.75, 3.05) is 36.4 Å². The van der Waals surface area contributed by atoms with Gasteiger partial charge in [-0.15, -0.1) is 0 Å². The summed E-state index contributed by atoms with van der Waals surface area (Å²) in [5, 5.41) is 4.44. The molecular weight excluding hydrogens is 473 g/mol. The predicted molar refractivity (Wildman–Crippen MR) is 146 cm³/mol. The van der Waals surface area contributed by atoms with Gasteiger partial charge in [-0.1, -0.05) is 42.8 Å². The number of anilines is 2. The first-order valence-electron chi connectivity index (χ1n) is 12.6. The zero-order valence-corrected chi connectivity index (χ0v) is 22.1. The highest BCUT2D eigenvalue weighted by Gasteiger charge is 2.43. The molecule has 5 rings (SSSR count). The molecule has 1 N–H and O–H groups in total. The molecule has 1 unspecified atom stereocenters. The molecule has 2 aliphatic heterocycles. The molecule has 6 heteroatoms. The Hall–Kier alpha value is -3.05. The maximum Gasteiger partial charge on any atom is 0.256 e. The van der Waals surface area contributed by atoms with Gasteiger partial charge in [0.15, 0.2) is 0 Å². The fourth-order valence-electron chi connectivity index (χ4n) is 5.99. The molecule has 3 aromatic rings. The summed E-state index contributed by atoms with van der Waals surface area (Å²) in [6, 6.07) is 18.9. The summed E-state index contributed by atoms with van der Waals surface area (Å²) < 4.78 is 13.3. The highest BCUT2D eigenvalue weighted by Crippen LogP contribution is 2.49. The van der Waals surface area contributed by atoms with Crippen molar-refractivity contribution < 1.29 is 9.18 Å². The third kappa shape index (κ3) is 4.45. The van der Waals surface area contributed by atoms with Crippen molar-refractivity contribution in [1.82, 2.24) is 4.90 Å². The SMILES string of the molecule is Cc1ccc2c(c1C(=O)N1CCN(c3ccc(F)cc3)CC1)NC(C)(C)CC2(C)c1ccc(Cl)cc1. The third-order valence-electron chi connectivity index (χ3n) is 7.72. The molecule has 0 saturated carbocycles. The minimum absolute atomic E-state index is 0.0618. The van der Waals surface area contributed by atoms with Crippen LogP contribution in [0.3, 0.4) is 0 Å². The highest BCUT2D eigenvalue weighted by molar-refractivity contribution is 6.30. The Balaban J connectivity index is 1.47. The van der Waals surface area contributed by atoms with Crippen molar-refractivity contribution in [1.29, 1.82) is 0 Å². The van der Waals surface area contributed by atoms with Gasteiger partial charge in [0.2, 0.25) is 0 Å². The lowest BCUT2D eigenvalue weighted by molar-refractivity contribution is 0.0746. The smallest absolute Gasteiger partial charge is 0.256 e. The molecule has 2 heterocycles. The van der Waals surface area contributed by atoms with Crippen molar-refractivity contribution in [2.24, 2.45) is 0 Å². The summed E-state index contributed by atoms with van der Waals surface area (Å²) in [6.07, 6.45) is 0.891. The number of fused-ring (bicyclic) bond motifs is 1. The molecule has 0 spiro atoms. The van der Waals surface area contributed by atoms with E-state index >= 15 is 0 Å². The number of hydrogen-bond donors (Lipinski definition) is 1. The van der Waals surface area contributed by atoms with Crippen LogP contribution >= 0.6 is 11.6 Å².